The smallest absolute Gasteiger partial charge is 0.306 e. The van der Waals surface area contributed by atoms with E-state index in [9.17, 15) is 18.0 Å². The van der Waals surface area contributed by atoms with Crippen molar-refractivity contribution in [2.45, 2.75) is 38.3 Å². The Kier molecular flexibility index (Phi) is 4.63. The van der Waals surface area contributed by atoms with Gasteiger partial charge in [-0.15, -0.1) is 11.3 Å². The maximum Gasteiger partial charge on any atom is 0.416 e. The van der Waals surface area contributed by atoms with E-state index in [0.717, 1.165) is 43.7 Å². The Morgan fingerprint density at radius 2 is 1.85 bits per heavy atom. The number of aryl methyl sites for hydroxylation is 2. The summed E-state index contributed by atoms with van der Waals surface area (Å²) in [6.07, 6.45) is 3.51. The van der Waals surface area contributed by atoms with Crippen molar-refractivity contribution in [1.29, 1.82) is 0 Å². The highest BCUT2D eigenvalue weighted by molar-refractivity contribution is 7.18. The number of nitrogens with one attached hydrogen (secondary N) is 1. The molecule has 1 aromatic carbocycles. The van der Waals surface area contributed by atoms with Gasteiger partial charge in [0.2, 0.25) is 0 Å². The molecule has 4 rings (SSSR count). The Bertz CT molecular complexity index is 1080. The average molecular weight is 390 g/mol. The molecule has 1 aliphatic carbocycles. The second kappa shape index (κ2) is 6.96. The minimum absolute atomic E-state index is 0.0368. The van der Waals surface area contributed by atoms with Gasteiger partial charge < -0.3 is 4.98 Å². The molecule has 2 aromatic heterocycles. The molecule has 0 spiro atoms. The van der Waals surface area contributed by atoms with Crippen LogP contribution < -0.4 is 5.56 Å². The predicted molar refractivity (Wildman–Crippen MR) is 102 cm³/mol. The lowest BCUT2D eigenvalue weighted by molar-refractivity contribution is -0.137. The maximum absolute atomic E-state index is 13.1. The number of fused-ring (bicyclic) bond motifs is 3. The van der Waals surface area contributed by atoms with Gasteiger partial charge in [-0.1, -0.05) is 30.7 Å². The minimum atomic E-state index is -4.43. The van der Waals surface area contributed by atoms with Crippen LogP contribution in [0.1, 0.15) is 46.7 Å². The number of thiophene rings is 1. The van der Waals surface area contributed by atoms with Crippen molar-refractivity contribution in [2.24, 2.45) is 0 Å². The van der Waals surface area contributed by atoms with Gasteiger partial charge in [-0.2, -0.15) is 13.2 Å². The highest BCUT2D eigenvalue weighted by Crippen LogP contribution is 2.34. The van der Waals surface area contributed by atoms with E-state index in [0.29, 0.717) is 10.2 Å². The second-order valence-electron chi connectivity index (χ2n) is 6.61. The fraction of sp³-hybridized carbons (Fsp3) is 0.300. The number of halogens is 3. The van der Waals surface area contributed by atoms with Crippen LogP contribution in [0, 0.1) is 0 Å². The molecule has 0 aliphatic heterocycles. The summed E-state index contributed by atoms with van der Waals surface area (Å²) in [6.45, 7) is 0. The van der Waals surface area contributed by atoms with E-state index in [1.165, 1.54) is 40.5 Å². The van der Waals surface area contributed by atoms with Gasteiger partial charge in [0, 0.05) is 4.88 Å². The first kappa shape index (κ1) is 18.0. The molecule has 27 heavy (non-hydrogen) atoms. The van der Waals surface area contributed by atoms with Gasteiger partial charge in [-0.05, 0) is 49.0 Å². The van der Waals surface area contributed by atoms with Crippen molar-refractivity contribution in [1.82, 2.24) is 9.97 Å². The molecule has 0 atom stereocenters. The van der Waals surface area contributed by atoms with Crippen LogP contribution in [0.2, 0.25) is 0 Å². The van der Waals surface area contributed by atoms with Crippen LogP contribution in [0.5, 0.6) is 0 Å². The van der Waals surface area contributed by atoms with Crippen LogP contribution in [-0.4, -0.2) is 9.97 Å². The van der Waals surface area contributed by atoms with Gasteiger partial charge in [0.05, 0.1) is 10.9 Å². The average Bonchev–Trinajstić information content (AvgIpc) is 2.81. The number of benzene rings is 1. The van der Waals surface area contributed by atoms with Gasteiger partial charge in [0.25, 0.3) is 5.56 Å². The van der Waals surface area contributed by atoms with Gasteiger partial charge in [-0.3, -0.25) is 4.79 Å². The summed E-state index contributed by atoms with van der Waals surface area (Å²) in [5.41, 5.74) is 0.199. The highest BCUT2D eigenvalue weighted by atomic mass is 32.1. The highest BCUT2D eigenvalue weighted by Gasteiger charge is 2.32. The summed E-state index contributed by atoms with van der Waals surface area (Å²) in [5, 5.41) is 0.643. The third-order valence-corrected chi connectivity index (χ3v) is 5.97. The minimum Gasteiger partial charge on any atom is -0.306 e. The quantitative estimate of drug-likeness (QED) is 0.592. The molecule has 3 nitrogen and oxygen atoms in total. The van der Waals surface area contributed by atoms with Crippen molar-refractivity contribution >= 4 is 33.7 Å². The summed E-state index contributed by atoms with van der Waals surface area (Å²) in [5.74, 6) is 0.265. The largest absolute Gasteiger partial charge is 0.416 e. The van der Waals surface area contributed by atoms with Crippen molar-refractivity contribution < 1.29 is 13.2 Å². The van der Waals surface area contributed by atoms with E-state index >= 15 is 0 Å². The zero-order valence-electron chi connectivity index (χ0n) is 14.4. The van der Waals surface area contributed by atoms with Crippen molar-refractivity contribution in [3.63, 3.8) is 0 Å². The van der Waals surface area contributed by atoms with E-state index in [1.54, 1.807) is 6.07 Å². The van der Waals surface area contributed by atoms with Gasteiger partial charge in [0.15, 0.2) is 0 Å². The number of hydrogen-bond donors (Lipinski definition) is 1. The lowest BCUT2D eigenvalue weighted by atomic mass is 10.1. The fourth-order valence-electron chi connectivity index (χ4n) is 3.51. The van der Waals surface area contributed by atoms with E-state index in [2.05, 4.69) is 9.97 Å². The van der Waals surface area contributed by atoms with Gasteiger partial charge >= 0.3 is 6.18 Å². The molecule has 0 saturated heterocycles. The first-order chi connectivity index (χ1) is 12.9. The Balaban J connectivity index is 1.74. The Labute approximate surface area is 157 Å². The van der Waals surface area contributed by atoms with E-state index in [1.807, 2.05) is 0 Å². The molecule has 0 radical (unpaired) electrons. The van der Waals surface area contributed by atoms with Crippen LogP contribution in [0.25, 0.3) is 22.4 Å². The lowest BCUT2D eigenvalue weighted by Crippen LogP contribution is -2.10. The number of alkyl halides is 3. The summed E-state index contributed by atoms with van der Waals surface area (Å²) in [7, 11) is 0. The normalized spacial score (nSPS) is 15.2. The maximum atomic E-state index is 13.1. The summed E-state index contributed by atoms with van der Waals surface area (Å²) in [6, 6.07) is 5.33. The number of aromatic amines is 1. The molecule has 1 N–H and O–H groups in total. The molecule has 1 aliphatic rings. The molecule has 3 aromatic rings. The first-order valence-electron chi connectivity index (χ1n) is 8.82. The van der Waals surface area contributed by atoms with Crippen LogP contribution in [0.4, 0.5) is 13.2 Å². The molecule has 140 valence electrons. The lowest BCUT2D eigenvalue weighted by Gasteiger charge is -2.09. The molecule has 0 unspecified atom stereocenters. The standard InChI is InChI=1S/C20H17F3N2OS/c21-20(22,23)14-8-5-4-6-12(14)10-11-16-24-18(26)17-13-7-2-1-3-9-15(13)27-19(17)25-16/h4-6,8,10-11H,1-3,7,9H2,(H,24,25,26)/b11-10+. The SMILES string of the molecule is O=c1[nH]c(/C=C/c2ccccc2C(F)(F)F)nc2sc3c(c12)CCCCC3. The molecule has 0 saturated carbocycles. The van der Waals surface area contributed by atoms with Crippen LogP contribution in [0.15, 0.2) is 29.1 Å². The van der Waals surface area contributed by atoms with Crippen LogP contribution in [0.3, 0.4) is 0 Å². The van der Waals surface area contributed by atoms with Crippen molar-refractivity contribution in [2.75, 3.05) is 0 Å². The summed E-state index contributed by atoms with van der Waals surface area (Å²) >= 11 is 1.53. The first-order valence-corrected chi connectivity index (χ1v) is 9.64. The molecule has 0 amide bonds. The molecular weight excluding hydrogens is 373 g/mol. The third-order valence-electron chi connectivity index (χ3n) is 4.78. The van der Waals surface area contributed by atoms with E-state index < -0.39 is 11.7 Å². The van der Waals surface area contributed by atoms with E-state index in [4.69, 9.17) is 0 Å². The number of aromatic nitrogens is 2. The Morgan fingerprint density at radius 1 is 1.07 bits per heavy atom. The third kappa shape index (κ3) is 3.56. The summed E-state index contributed by atoms with van der Waals surface area (Å²) in [4.78, 5) is 21.6. The number of nitrogens with zero attached hydrogens (tertiary/aromatic N) is 1. The molecule has 7 heteroatoms. The second-order valence-corrected chi connectivity index (χ2v) is 7.70. The summed E-state index contributed by atoms with van der Waals surface area (Å²) < 4.78 is 39.3. The molecule has 2 heterocycles. The van der Waals surface area contributed by atoms with Gasteiger partial charge in [-0.25, -0.2) is 4.98 Å². The molecule has 0 bridgehead atoms. The van der Waals surface area contributed by atoms with Gasteiger partial charge in [0.1, 0.15) is 10.7 Å². The predicted octanol–water partition coefficient (Wildman–Crippen LogP) is 5.44. The van der Waals surface area contributed by atoms with Crippen molar-refractivity contribution in [3.8, 4) is 0 Å². The molecular formula is C20H17F3N2OS. The Hall–Kier alpha value is -2.41. The van der Waals surface area contributed by atoms with Crippen molar-refractivity contribution in [3.05, 3.63) is 62.0 Å². The van der Waals surface area contributed by atoms with Crippen LogP contribution >= 0.6 is 11.3 Å². The topological polar surface area (TPSA) is 45.8 Å². The zero-order valence-corrected chi connectivity index (χ0v) is 15.2. The van der Waals surface area contributed by atoms with E-state index in [-0.39, 0.29) is 16.9 Å². The monoisotopic (exact) mass is 390 g/mol. The fourth-order valence-corrected chi connectivity index (χ4v) is 4.77. The number of rotatable bonds is 2. The zero-order chi connectivity index (χ0) is 19.0. The Morgan fingerprint density at radius 3 is 2.67 bits per heavy atom. The number of H-pyrrole nitrogens is 1. The van der Waals surface area contributed by atoms with Crippen LogP contribution in [-0.2, 0) is 19.0 Å². The number of hydrogen-bond acceptors (Lipinski definition) is 3. The molecule has 0 fully saturated rings.